The van der Waals surface area contributed by atoms with Crippen molar-refractivity contribution in [2.75, 3.05) is 0 Å². The van der Waals surface area contributed by atoms with Crippen LogP contribution >= 0.6 is 0 Å². The van der Waals surface area contributed by atoms with Crippen LogP contribution in [0.25, 0.3) is 0 Å². The number of hydrogen-bond acceptors (Lipinski definition) is 0. The van der Waals surface area contributed by atoms with Gasteiger partial charge in [-0.15, -0.1) is 0 Å². The third-order valence-corrected chi connectivity index (χ3v) is 17.2. The van der Waals surface area contributed by atoms with Crippen molar-refractivity contribution in [2.45, 2.75) is 248 Å². The Morgan fingerprint density at radius 1 is 0.231 bits per heavy atom. The second-order valence-corrected chi connectivity index (χ2v) is 20.7. The summed E-state index contributed by atoms with van der Waals surface area (Å²) in [5, 5.41) is 0. The largest absolute Gasteiger partial charge is 0.0683 e. The predicted octanol–water partition coefficient (Wildman–Crippen LogP) is 17.5. The molecule has 8 saturated carbocycles. The molecule has 5 unspecified atom stereocenters. The summed E-state index contributed by atoms with van der Waals surface area (Å²) in [6, 6.07) is 0. The van der Waals surface area contributed by atoms with Crippen molar-refractivity contribution in [3.05, 3.63) is 0 Å². The Kier molecular flexibility index (Phi) is 21.1. The third kappa shape index (κ3) is 14.5. The normalized spacial score (nSPS) is 40.3. The van der Waals surface area contributed by atoms with Gasteiger partial charge in [-0.05, 0) is 166 Å². The molecule has 306 valence electrons. The molecule has 5 atom stereocenters. The zero-order valence-electron chi connectivity index (χ0n) is 37.3. The molecular weight excluding hydrogens is 625 g/mol. The van der Waals surface area contributed by atoms with Crippen LogP contribution in [0.4, 0.5) is 0 Å². The standard InChI is InChI=1S/C24H42.2C12H22.2C2H6/c1-17-7-9-19(10-8-17)21-13-14-22(16-23(15-21)20-11-12-20)24-6-4-3-5-18(24)2;2*1-10-6-8-12(9-7-10)11-4-2-3-5-11;2*1-2/h17-24H,3-16H2,1-2H3;2*10-12H,2-9H2,1H3;2*1-2H3. The van der Waals surface area contributed by atoms with Crippen LogP contribution in [0.5, 0.6) is 0 Å². The second kappa shape index (κ2) is 24.6. The van der Waals surface area contributed by atoms with Gasteiger partial charge in [0.25, 0.3) is 0 Å². The Labute approximate surface area is 329 Å². The minimum Gasteiger partial charge on any atom is -0.0683 e. The molecule has 0 aliphatic heterocycles. The molecule has 0 heteroatoms. The van der Waals surface area contributed by atoms with E-state index in [1.807, 2.05) is 27.7 Å². The van der Waals surface area contributed by atoms with E-state index in [9.17, 15) is 0 Å². The lowest BCUT2D eigenvalue weighted by Gasteiger charge is -2.36. The fourth-order valence-corrected chi connectivity index (χ4v) is 13.5. The SMILES string of the molecule is CC.CC.CC1CCC(C2CCC(C3CCCCC3C)CC(C3CC3)C2)CC1.CC1CCC(C2CCCC2)CC1.CC1CCC(C2CCCC2)CC1. The molecule has 0 radical (unpaired) electrons. The van der Waals surface area contributed by atoms with E-state index in [2.05, 4.69) is 27.7 Å². The predicted molar refractivity (Wildman–Crippen MR) is 233 cm³/mol. The van der Waals surface area contributed by atoms with Gasteiger partial charge in [-0.2, -0.15) is 0 Å². The topological polar surface area (TPSA) is 0 Å². The quantitative estimate of drug-likeness (QED) is 0.248. The highest BCUT2D eigenvalue weighted by Gasteiger charge is 2.41. The van der Waals surface area contributed by atoms with E-state index >= 15 is 0 Å². The summed E-state index contributed by atoms with van der Waals surface area (Å²) < 4.78 is 0. The summed E-state index contributed by atoms with van der Waals surface area (Å²) in [5.74, 6) is 15.3. The van der Waals surface area contributed by atoms with Crippen LogP contribution < -0.4 is 0 Å². The molecule has 0 spiro atoms. The average Bonchev–Trinajstić information content (AvgIpc) is 3.68. The molecule has 0 nitrogen and oxygen atoms in total. The summed E-state index contributed by atoms with van der Waals surface area (Å²) >= 11 is 0. The van der Waals surface area contributed by atoms with Crippen molar-refractivity contribution >= 4 is 0 Å². The van der Waals surface area contributed by atoms with Gasteiger partial charge in [0, 0.05) is 0 Å². The molecule has 8 rings (SSSR count). The summed E-state index contributed by atoms with van der Waals surface area (Å²) in [6.07, 6.45) is 46.5. The molecule has 0 saturated heterocycles. The first-order chi connectivity index (χ1) is 25.4. The second-order valence-electron chi connectivity index (χ2n) is 20.7. The highest BCUT2D eigenvalue weighted by atomic mass is 14.5. The zero-order valence-corrected chi connectivity index (χ0v) is 37.3. The van der Waals surface area contributed by atoms with Crippen LogP contribution in [0.1, 0.15) is 248 Å². The van der Waals surface area contributed by atoms with Crippen LogP contribution in [0, 0.1) is 82.9 Å². The maximum atomic E-state index is 2.58. The lowest BCUT2D eigenvalue weighted by atomic mass is 9.69. The van der Waals surface area contributed by atoms with E-state index in [0.29, 0.717) is 0 Å². The van der Waals surface area contributed by atoms with E-state index < -0.39 is 0 Å². The first-order valence-electron chi connectivity index (χ1n) is 25.4. The first-order valence-corrected chi connectivity index (χ1v) is 25.4. The van der Waals surface area contributed by atoms with Crippen LogP contribution in [-0.2, 0) is 0 Å². The van der Waals surface area contributed by atoms with Gasteiger partial charge in [0.05, 0.1) is 0 Å². The van der Waals surface area contributed by atoms with Crippen molar-refractivity contribution in [1.29, 1.82) is 0 Å². The van der Waals surface area contributed by atoms with Crippen molar-refractivity contribution < 1.29 is 0 Å². The molecule has 8 aliphatic carbocycles. The molecule has 0 aromatic rings. The first kappa shape index (κ1) is 44.7. The van der Waals surface area contributed by atoms with Crippen molar-refractivity contribution in [1.82, 2.24) is 0 Å². The lowest BCUT2D eigenvalue weighted by Crippen LogP contribution is -2.26. The molecule has 0 amide bonds. The van der Waals surface area contributed by atoms with Crippen molar-refractivity contribution in [2.24, 2.45) is 82.9 Å². The van der Waals surface area contributed by atoms with Crippen molar-refractivity contribution in [3.8, 4) is 0 Å². The smallest absolute Gasteiger partial charge is 0.0360 e. The summed E-state index contributed by atoms with van der Waals surface area (Å²) in [7, 11) is 0. The average molecular weight is 723 g/mol. The Morgan fingerprint density at radius 3 is 0.904 bits per heavy atom. The minimum absolute atomic E-state index is 1.02. The summed E-state index contributed by atoms with van der Waals surface area (Å²) in [4.78, 5) is 0. The molecule has 0 aromatic heterocycles. The fourth-order valence-electron chi connectivity index (χ4n) is 13.5. The number of rotatable bonds is 5. The van der Waals surface area contributed by atoms with Gasteiger partial charge in [-0.25, -0.2) is 0 Å². The van der Waals surface area contributed by atoms with Crippen LogP contribution in [-0.4, -0.2) is 0 Å². The molecule has 0 heterocycles. The summed E-state index contributed by atoms with van der Waals surface area (Å²) in [6.45, 7) is 17.9. The van der Waals surface area contributed by atoms with E-state index in [4.69, 9.17) is 0 Å². The minimum atomic E-state index is 1.02. The van der Waals surface area contributed by atoms with Gasteiger partial charge in [0.1, 0.15) is 0 Å². The Morgan fingerprint density at radius 2 is 0.500 bits per heavy atom. The maximum absolute atomic E-state index is 2.58. The molecule has 0 N–H and O–H groups in total. The van der Waals surface area contributed by atoms with E-state index in [1.54, 1.807) is 109 Å². The van der Waals surface area contributed by atoms with E-state index in [-0.39, 0.29) is 0 Å². The van der Waals surface area contributed by atoms with Gasteiger partial charge in [0.2, 0.25) is 0 Å². The van der Waals surface area contributed by atoms with Crippen LogP contribution in [0.2, 0.25) is 0 Å². The van der Waals surface area contributed by atoms with Crippen LogP contribution in [0.15, 0.2) is 0 Å². The molecular formula is C52H98. The van der Waals surface area contributed by atoms with E-state index in [0.717, 1.165) is 82.9 Å². The van der Waals surface area contributed by atoms with Crippen molar-refractivity contribution in [3.63, 3.8) is 0 Å². The number of hydrogen-bond donors (Lipinski definition) is 0. The molecule has 0 aromatic carbocycles. The molecule has 52 heavy (non-hydrogen) atoms. The third-order valence-electron chi connectivity index (χ3n) is 17.2. The van der Waals surface area contributed by atoms with Crippen LogP contribution in [0.3, 0.4) is 0 Å². The van der Waals surface area contributed by atoms with Gasteiger partial charge in [0.15, 0.2) is 0 Å². The van der Waals surface area contributed by atoms with Gasteiger partial charge >= 0.3 is 0 Å². The maximum Gasteiger partial charge on any atom is -0.0360 e. The Hall–Kier alpha value is 0. The summed E-state index contributed by atoms with van der Waals surface area (Å²) in [5.41, 5.74) is 0. The van der Waals surface area contributed by atoms with Gasteiger partial charge < -0.3 is 0 Å². The van der Waals surface area contributed by atoms with E-state index in [1.165, 1.54) is 83.5 Å². The van der Waals surface area contributed by atoms with Gasteiger partial charge in [-0.3, -0.25) is 0 Å². The highest BCUT2D eigenvalue weighted by molar-refractivity contribution is 4.92. The zero-order chi connectivity index (χ0) is 37.3. The monoisotopic (exact) mass is 723 g/mol. The van der Waals surface area contributed by atoms with Gasteiger partial charge in [-0.1, -0.05) is 165 Å². The lowest BCUT2D eigenvalue weighted by molar-refractivity contribution is 0.144. The Balaban J connectivity index is 0.000000182. The highest BCUT2D eigenvalue weighted by Crippen LogP contribution is 2.52. The molecule has 8 aliphatic rings. The Bertz CT molecular complexity index is 814. The fraction of sp³-hybridized carbons (Fsp3) is 1.00. The molecule has 8 fully saturated rings. The molecule has 0 bridgehead atoms.